The van der Waals surface area contributed by atoms with Crippen molar-refractivity contribution in [1.82, 2.24) is 14.6 Å². The summed E-state index contributed by atoms with van der Waals surface area (Å²) in [6.45, 7) is 0.485. The average molecular weight is 440 g/mol. The number of ether oxygens (including phenoxy) is 2. The highest BCUT2D eigenvalue weighted by Crippen LogP contribution is 2.30. The van der Waals surface area contributed by atoms with Crippen molar-refractivity contribution in [2.75, 3.05) is 18.1 Å². The highest BCUT2D eigenvalue weighted by Gasteiger charge is 2.14. The van der Waals surface area contributed by atoms with E-state index in [1.165, 1.54) is 29.0 Å². The molecule has 11 heteroatoms. The number of nitrogens with zero attached hydrogens (tertiary/aromatic N) is 3. The summed E-state index contributed by atoms with van der Waals surface area (Å²) in [4.78, 5) is 15.1. The topological polar surface area (TPSA) is 91.7 Å². The number of fused-ring (bicyclic) bond motifs is 1. The Balaban J connectivity index is 0.000000448. The lowest BCUT2D eigenvalue weighted by molar-refractivity contribution is 0.0802. The largest absolute Gasteiger partial charge is 0.482 e. The van der Waals surface area contributed by atoms with Crippen molar-refractivity contribution < 1.29 is 27.4 Å². The van der Waals surface area contributed by atoms with Gasteiger partial charge in [0, 0.05) is 42.8 Å². The number of nitrogens with two attached hydrogens (primary N) is 1. The molecule has 0 amide bonds. The maximum atomic E-state index is 13.3. The Morgan fingerprint density at radius 2 is 2.10 bits per heavy atom. The van der Waals surface area contributed by atoms with Crippen molar-refractivity contribution in [2.45, 2.75) is 19.4 Å². The molecule has 3 aromatic rings. The minimum Gasteiger partial charge on any atom is -0.482 e. The lowest BCUT2D eigenvalue weighted by Gasteiger charge is -2.18. The van der Waals surface area contributed by atoms with Gasteiger partial charge < -0.3 is 15.2 Å². The van der Waals surface area contributed by atoms with Crippen LogP contribution >= 0.6 is 11.8 Å². The molecule has 0 spiro atoms. The van der Waals surface area contributed by atoms with Gasteiger partial charge in [-0.15, -0.1) is 0 Å². The highest BCUT2D eigenvalue weighted by atomic mass is 32.2. The zero-order valence-corrected chi connectivity index (χ0v) is 16.7. The number of aromatic nitrogens is 3. The van der Waals surface area contributed by atoms with Crippen LogP contribution in [0.25, 0.3) is 5.52 Å². The van der Waals surface area contributed by atoms with Gasteiger partial charge in [0.25, 0.3) is 12.3 Å². The van der Waals surface area contributed by atoms with E-state index < -0.39 is 18.8 Å². The third-order valence-corrected chi connectivity index (χ3v) is 5.15. The number of ketones is 1. The van der Waals surface area contributed by atoms with Gasteiger partial charge in [0.15, 0.2) is 11.5 Å². The average Bonchev–Trinajstić information content (AvgIpc) is 3.11. The predicted octanol–water partition coefficient (Wildman–Crippen LogP) is 3.57. The van der Waals surface area contributed by atoms with E-state index in [4.69, 9.17) is 15.2 Å². The number of carbonyl (C=O) groups is 1. The van der Waals surface area contributed by atoms with E-state index in [-0.39, 0.29) is 23.1 Å². The van der Waals surface area contributed by atoms with Crippen LogP contribution < -0.4 is 15.2 Å². The summed E-state index contributed by atoms with van der Waals surface area (Å²) in [7, 11) is 0. The number of halogens is 3. The molecular weight excluding hydrogens is 421 g/mol. The summed E-state index contributed by atoms with van der Waals surface area (Å²) < 4.78 is 49.7. The molecule has 4 rings (SSSR count). The number of hydrogen-bond donors (Lipinski definition) is 1. The molecule has 7 nitrogen and oxygen atoms in total. The van der Waals surface area contributed by atoms with Gasteiger partial charge in [-0.1, -0.05) is 0 Å². The summed E-state index contributed by atoms with van der Waals surface area (Å²) in [5.74, 6) is 1.34. The van der Waals surface area contributed by atoms with Gasteiger partial charge in [0.2, 0.25) is 0 Å². The van der Waals surface area contributed by atoms with Crippen molar-refractivity contribution in [2.24, 2.45) is 5.73 Å². The molecule has 0 atom stereocenters. The SMILES string of the molecule is CC(=O)c1cc2cc(Oc3ncc(F)cc3OCC(F)F)ccn2n1.NC1CSC1. The normalized spacial score (nSPS) is 13.5. The Hall–Kier alpha value is -2.79. The third kappa shape index (κ3) is 5.86. The molecule has 0 aromatic carbocycles. The summed E-state index contributed by atoms with van der Waals surface area (Å²) in [5, 5.41) is 4.08. The number of thioether (sulfide) groups is 1. The lowest BCUT2D eigenvalue weighted by Crippen LogP contribution is -2.33. The van der Waals surface area contributed by atoms with E-state index in [2.05, 4.69) is 10.1 Å². The first kappa shape index (κ1) is 21.9. The first-order chi connectivity index (χ1) is 14.3. The molecule has 0 bridgehead atoms. The van der Waals surface area contributed by atoms with Crippen molar-refractivity contribution >= 4 is 23.1 Å². The van der Waals surface area contributed by atoms with Crippen molar-refractivity contribution in [1.29, 1.82) is 0 Å². The molecule has 0 aliphatic carbocycles. The molecule has 1 fully saturated rings. The fourth-order valence-corrected chi connectivity index (χ4v) is 2.82. The Morgan fingerprint density at radius 3 is 2.70 bits per heavy atom. The van der Waals surface area contributed by atoms with Crippen LogP contribution in [-0.4, -0.2) is 51.0 Å². The maximum absolute atomic E-state index is 13.3. The minimum absolute atomic E-state index is 0.155. The summed E-state index contributed by atoms with van der Waals surface area (Å²) in [6, 6.07) is 6.12. The molecule has 1 aliphatic rings. The molecule has 1 aliphatic heterocycles. The van der Waals surface area contributed by atoms with Crippen LogP contribution in [0.5, 0.6) is 17.4 Å². The first-order valence-electron chi connectivity index (χ1n) is 8.90. The standard InChI is InChI=1S/C16H12F3N3O3.C3H7NS/c1-9(23)13-6-11-5-12(2-3-22(11)21-13)25-16-14(24-8-15(18)19)4-10(17)7-20-16;4-3-1-5-2-3/h2-7,15H,8H2,1H3;3H,1-2,4H2. The van der Waals surface area contributed by atoms with Crippen LogP contribution in [0, 0.1) is 5.82 Å². The Kier molecular flexibility index (Phi) is 7.16. The third-order valence-electron chi connectivity index (χ3n) is 3.82. The van der Waals surface area contributed by atoms with E-state index in [9.17, 15) is 18.0 Å². The zero-order chi connectivity index (χ0) is 21.7. The van der Waals surface area contributed by atoms with E-state index in [1.54, 1.807) is 18.3 Å². The van der Waals surface area contributed by atoms with Gasteiger partial charge in [0.1, 0.15) is 23.9 Å². The van der Waals surface area contributed by atoms with Crippen molar-refractivity contribution in [3.63, 3.8) is 0 Å². The van der Waals surface area contributed by atoms with Crippen LogP contribution in [-0.2, 0) is 0 Å². The highest BCUT2D eigenvalue weighted by molar-refractivity contribution is 8.00. The van der Waals surface area contributed by atoms with Gasteiger partial charge in [-0.05, 0) is 12.1 Å². The van der Waals surface area contributed by atoms with Crippen LogP contribution in [0.15, 0.2) is 36.7 Å². The quantitative estimate of drug-likeness (QED) is 0.586. The smallest absolute Gasteiger partial charge is 0.272 e. The van der Waals surface area contributed by atoms with Gasteiger partial charge >= 0.3 is 0 Å². The minimum atomic E-state index is -2.72. The fourth-order valence-electron chi connectivity index (χ4n) is 2.32. The maximum Gasteiger partial charge on any atom is 0.272 e. The molecule has 1 saturated heterocycles. The number of hydrogen-bond acceptors (Lipinski definition) is 7. The Labute approximate surface area is 174 Å². The Morgan fingerprint density at radius 1 is 1.37 bits per heavy atom. The summed E-state index contributed by atoms with van der Waals surface area (Å²) >= 11 is 1.92. The molecule has 3 aromatic heterocycles. The Bertz CT molecular complexity index is 1030. The first-order valence-corrected chi connectivity index (χ1v) is 10.1. The van der Waals surface area contributed by atoms with Gasteiger partial charge in [0.05, 0.1) is 11.7 Å². The number of alkyl halides is 2. The van der Waals surface area contributed by atoms with E-state index in [1.807, 2.05) is 11.8 Å². The molecular formula is C19H19F3N4O3S. The number of carbonyl (C=O) groups excluding carboxylic acids is 1. The second-order valence-electron chi connectivity index (χ2n) is 6.38. The number of pyridine rings is 2. The molecule has 2 N–H and O–H groups in total. The molecule has 4 heterocycles. The summed E-state index contributed by atoms with van der Waals surface area (Å²) in [6.07, 6.45) is -0.278. The van der Waals surface area contributed by atoms with E-state index in [0.29, 0.717) is 17.3 Å². The van der Waals surface area contributed by atoms with Crippen molar-refractivity contribution in [3.8, 4) is 17.4 Å². The zero-order valence-electron chi connectivity index (χ0n) is 15.9. The van der Waals surface area contributed by atoms with Gasteiger partial charge in [-0.25, -0.2) is 22.7 Å². The number of Topliss-reactive ketones (excluding diaryl/α,β-unsaturated/α-hetero) is 1. The van der Waals surface area contributed by atoms with Crippen molar-refractivity contribution in [3.05, 3.63) is 48.2 Å². The summed E-state index contributed by atoms with van der Waals surface area (Å²) in [5.41, 5.74) is 6.23. The van der Waals surface area contributed by atoms with E-state index >= 15 is 0 Å². The molecule has 30 heavy (non-hydrogen) atoms. The fraction of sp³-hybridized carbons (Fsp3) is 0.316. The monoisotopic (exact) mass is 440 g/mol. The molecule has 0 saturated carbocycles. The van der Waals surface area contributed by atoms with Crippen LogP contribution in [0.1, 0.15) is 17.4 Å². The second-order valence-corrected chi connectivity index (χ2v) is 7.45. The van der Waals surface area contributed by atoms with Gasteiger partial charge in [-0.2, -0.15) is 16.9 Å². The van der Waals surface area contributed by atoms with E-state index in [0.717, 1.165) is 12.3 Å². The van der Waals surface area contributed by atoms with Crippen LogP contribution in [0.2, 0.25) is 0 Å². The predicted molar refractivity (Wildman–Crippen MR) is 106 cm³/mol. The van der Waals surface area contributed by atoms with Crippen LogP contribution in [0.3, 0.4) is 0 Å². The molecule has 160 valence electrons. The molecule has 0 radical (unpaired) electrons. The second kappa shape index (κ2) is 9.81. The molecule has 0 unspecified atom stereocenters. The van der Waals surface area contributed by atoms with Gasteiger partial charge in [-0.3, -0.25) is 4.79 Å². The number of rotatable bonds is 6. The van der Waals surface area contributed by atoms with Crippen LogP contribution in [0.4, 0.5) is 13.2 Å². The lowest BCUT2D eigenvalue weighted by atomic mass is 10.3.